The van der Waals surface area contributed by atoms with Crippen LogP contribution in [0, 0.1) is 5.41 Å². The lowest BCUT2D eigenvalue weighted by atomic mass is 9.73. The third-order valence-electron chi connectivity index (χ3n) is 5.22. The van der Waals surface area contributed by atoms with Crippen molar-refractivity contribution >= 4 is 5.91 Å². The molecule has 0 aromatic heterocycles. The second-order valence-corrected chi connectivity index (χ2v) is 7.20. The van der Waals surface area contributed by atoms with Crippen molar-refractivity contribution < 1.29 is 4.79 Å². The van der Waals surface area contributed by atoms with Crippen LogP contribution in [0.1, 0.15) is 50.7 Å². The van der Waals surface area contributed by atoms with E-state index in [0.29, 0.717) is 6.04 Å². The van der Waals surface area contributed by atoms with Crippen LogP contribution in [0.4, 0.5) is 0 Å². The Kier molecular flexibility index (Phi) is 4.03. The summed E-state index contributed by atoms with van der Waals surface area (Å²) in [4.78, 5) is 12.6. The second-order valence-electron chi connectivity index (χ2n) is 7.20. The minimum atomic E-state index is -0.0855. The molecule has 2 unspecified atom stereocenters. The van der Waals surface area contributed by atoms with Gasteiger partial charge in [-0.3, -0.25) is 4.79 Å². The average molecular weight is 286 g/mol. The molecule has 2 N–H and O–H groups in total. The molecule has 1 aromatic rings. The maximum Gasteiger partial charge on any atom is 0.237 e. The van der Waals surface area contributed by atoms with Crippen molar-refractivity contribution in [2.45, 2.75) is 64.6 Å². The Bertz CT molecular complexity index is 524. The highest BCUT2D eigenvalue weighted by Crippen LogP contribution is 2.35. The molecular weight excluding hydrogens is 260 g/mol. The Morgan fingerprint density at radius 2 is 2.00 bits per heavy atom. The number of rotatable bonds is 2. The minimum Gasteiger partial charge on any atom is -0.351 e. The van der Waals surface area contributed by atoms with Crippen molar-refractivity contribution in [1.82, 2.24) is 10.6 Å². The lowest BCUT2D eigenvalue weighted by molar-refractivity contribution is -0.125. The first-order valence-electron chi connectivity index (χ1n) is 8.17. The first kappa shape index (κ1) is 14.6. The van der Waals surface area contributed by atoms with Gasteiger partial charge in [-0.25, -0.2) is 0 Å². The number of nitrogens with one attached hydrogen (secondary N) is 2. The van der Waals surface area contributed by atoms with Crippen molar-refractivity contribution in [3.8, 4) is 0 Å². The van der Waals surface area contributed by atoms with Gasteiger partial charge in [-0.15, -0.1) is 0 Å². The smallest absolute Gasteiger partial charge is 0.237 e. The van der Waals surface area contributed by atoms with Crippen molar-refractivity contribution in [2.75, 3.05) is 0 Å². The summed E-state index contributed by atoms with van der Waals surface area (Å²) >= 11 is 0. The number of hydrogen-bond acceptors (Lipinski definition) is 2. The zero-order valence-electron chi connectivity index (χ0n) is 13.1. The van der Waals surface area contributed by atoms with Gasteiger partial charge in [0.1, 0.15) is 0 Å². The van der Waals surface area contributed by atoms with Gasteiger partial charge in [-0.2, -0.15) is 0 Å². The van der Waals surface area contributed by atoms with E-state index >= 15 is 0 Å². The molecule has 2 atom stereocenters. The molecule has 1 aliphatic carbocycles. The van der Waals surface area contributed by atoms with Crippen LogP contribution in [0.25, 0.3) is 0 Å². The predicted octanol–water partition coefficient (Wildman–Crippen LogP) is 2.79. The molecule has 0 saturated heterocycles. The predicted molar refractivity (Wildman–Crippen MR) is 85.0 cm³/mol. The molecule has 0 spiro atoms. The highest BCUT2D eigenvalue weighted by atomic mass is 16.2. The second kappa shape index (κ2) is 5.80. The Hall–Kier alpha value is -1.35. The summed E-state index contributed by atoms with van der Waals surface area (Å²) in [5, 5.41) is 6.69. The Morgan fingerprint density at radius 1 is 1.24 bits per heavy atom. The Balaban J connectivity index is 1.64. The number of hydrogen-bond donors (Lipinski definition) is 2. The molecule has 1 heterocycles. The molecule has 1 fully saturated rings. The number of carbonyl (C=O) groups is 1. The molecule has 3 nitrogen and oxygen atoms in total. The largest absolute Gasteiger partial charge is 0.351 e. The quantitative estimate of drug-likeness (QED) is 0.878. The fourth-order valence-corrected chi connectivity index (χ4v) is 3.67. The van der Waals surface area contributed by atoms with E-state index in [9.17, 15) is 4.79 Å². The lowest BCUT2D eigenvalue weighted by Crippen LogP contribution is -2.54. The number of carbonyl (C=O) groups excluding carboxylic acids is 1. The topological polar surface area (TPSA) is 41.1 Å². The molecule has 21 heavy (non-hydrogen) atoms. The van der Waals surface area contributed by atoms with E-state index in [1.165, 1.54) is 30.4 Å². The van der Waals surface area contributed by atoms with Gasteiger partial charge in [0.05, 0.1) is 6.04 Å². The first-order chi connectivity index (χ1) is 10.1. The van der Waals surface area contributed by atoms with Gasteiger partial charge in [0.2, 0.25) is 5.91 Å². The molecular formula is C18H26N2O. The van der Waals surface area contributed by atoms with E-state index in [2.05, 4.69) is 48.7 Å². The molecule has 2 aliphatic rings. The summed E-state index contributed by atoms with van der Waals surface area (Å²) in [7, 11) is 0. The zero-order valence-corrected chi connectivity index (χ0v) is 13.1. The van der Waals surface area contributed by atoms with Crippen molar-refractivity contribution in [1.29, 1.82) is 0 Å². The maximum absolute atomic E-state index is 12.6. The standard InChI is InChI=1S/C18H26N2O/c1-18(2)10-6-5-9-16(18)20-17(21)15-11-13-7-3-4-8-14(13)12-19-15/h3-4,7-8,15-16,19H,5-6,9-12H2,1-2H3,(H,20,21). The van der Waals surface area contributed by atoms with Crippen LogP contribution in [0.3, 0.4) is 0 Å². The van der Waals surface area contributed by atoms with Crippen LogP contribution in [-0.4, -0.2) is 18.0 Å². The summed E-state index contributed by atoms with van der Waals surface area (Å²) in [6.45, 7) is 5.35. The third-order valence-corrected chi connectivity index (χ3v) is 5.22. The van der Waals surface area contributed by atoms with E-state index in [-0.39, 0.29) is 17.4 Å². The summed E-state index contributed by atoms with van der Waals surface area (Å²) in [5.74, 6) is 0.171. The highest BCUT2D eigenvalue weighted by molar-refractivity contribution is 5.82. The molecule has 3 rings (SSSR count). The van der Waals surface area contributed by atoms with E-state index in [1.807, 2.05) is 0 Å². The summed E-state index contributed by atoms with van der Waals surface area (Å²) in [6, 6.07) is 8.63. The molecule has 3 heteroatoms. The summed E-state index contributed by atoms with van der Waals surface area (Å²) in [6.07, 6.45) is 5.64. The van der Waals surface area contributed by atoms with Crippen LogP contribution in [0.5, 0.6) is 0 Å². The number of amides is 1. The van der Waals surface area contributed by atoms with Gasteiger partial charge >= 0.3 is 0 Å². The van der Waals surface area contributed by atoms with Crippen LogP contribution in [0.2, 0.25) is 0 Å². The SMILES string of the molecule is CC1(C)CCCCC1NC(=O)C1Cc2ccccc2CN1. The van der Waals surface area contributed by atoms with Gasteiger partial charge in [-0.1, -0.05) is 51.0 Å². The minimum absolute atomic E-state index is 0.0855. The third kappa shape index (κ3) is 3.13. The zero-order chi connectivity index (χ0) is 14.9. The van der Waals surface area contributed by atoms with Crippen LogP contribution >= 0.6 is 0 Å². The monoisotopic (exact) mass is 286 g/mol. The molecule has 1 saturated carbocycles. The van der Waals surface area contributed by atoms with Crippen LogP contribution in [-0.2, 0) is 17.8 Å². The highest BCUT2D eigenvalue weighted by Gasteiger charge is 2.35. The van der Waals surface area contributed by atoms with Crippen LogP contribution in [0.15, 0.2) is 24.3 Å². The first-order valence-corrected chi connectivity index (χ1v) is 8.17. The van der Waals surface area contributed by atoms with Gasteiger partial charge in [-0.05, 0) is 35.8 Å². The normalized spacial score (nSPS) is 27.7. The Morgan fingerprint density at radius 3 is 2.76 bits per heavy atom. The maximum atomic E-state index is 12.6. The molecule has 114 valence electrons. The van der Waals surface area contributed by atoms with Gasteiger partial charge < -0.3 is 10.6 Å². The molecule has 1 aliphatic heterocycles. The number of benzene rings is 1. The van der Waals surface area contributed by atoms with Crippen molar-refractivity contribution in [2.24, 2.45) is 5.41 Å². The fourth-order valence-electron chi connectivity index (χ4n) is 3.67. The van der Waals surface area contributed by atoms with Gasteiger partial charge in [0, 0.05) is 12.6 Å². The van der Waals surface area contributed by atoms with Crippen LogP contribution < -0.4 is 10.6 Å². The van der Waals surface area contributed by atoms with Gasteiger partial charge in [0.25, 0.3) is 0 Å². The molecule has 0 radical (unpaired) electrons. The van der Waals surface area contributed by atoms with Crippen molar-refractivity contribution in [3.05, 3.63) is 35.4 Å². The fraction of sp³-hybridized carbons (Fsp3) is 0.611. The van der Waals surface area contributed by atoms with Crippen molar-refractivity contribution in [3.63, 3.8) is 0 Å². The lowest BCUT2D eigenvalue weighted by Gasteiger charge is -2.40. The van der Waals surface area contributed by atoms with E-state index in [1.54, 1.807) is 0 Å². The number of fused-ring (bicyclic) bond motifs is 1. The molecule has 1 amide bonds. The summed E-state index contributed by atoms with van der Waals surface area (Å²) in [5.41, 5.74) is 2.85. The Labute approximate surface area is 127 Å². The average Bonchev–Trinajstić information content (AvgIpc) is 2.48. The van der Waals surface area contributed by atoms with E-state index in [4.69, 9.17) is 0 Å². The molecule has 1 aromatic carbocycles. The van der Waals surface area contributed by atoms with E-state index in [0.717, 1.165) is 19.4 Å². The summed E-state index contributed by atoms with van der Waals surface area (Å²) < 4.78 is 0. The van der Waals surface area contributed by atoms with Gasteiger partial charge in [0.15, 0.2) is 0 Å². The van der Waals surface area contributed by atoms with E-state index < -0.39 is 0 Å². The molecule has 0 bridgehead atoms.